The van der Waals surface area contributed by atoms with Crippen molar-refractivity contribution < 1.29 is 9.59 Å². The SMILES string of the molecule is CC[C@@H](C)NC(=O)CCCc1nnc(C(=O)Nc2ccc(C)cc2)s1. The van der Waals surface area contributed by atoms with Crippen molar-refractivity contribution in [2.24, 2.45) is 0 Å². The zero-order valence-electron chi connectivity index (χ0n) is 14.8. The van der Waals surface area contributed by atoms with Gasteiger partial charge in [0.15, 0.2) is 0 Å². The van der Waals surface area contributed by atoms with Crippen molar-refractivity contribution in [2.45, 2.75) is 52.5 Å². The summed E-state index contributed by atoms with van der Waals surface area (Å²) in [5.41, 5.74) is 1.86. The first-order valence-corrected chi connectivity index (χ1v) is 9.29. The molecule has 1 heterocycles. The molecule has 0 unspecified atom stereocenters. The van der Waals surface area contributed by atoms with E-state index in [-0.39, 0.29) is 17.9 Å². The smallest absolute Gasteiger partial charge is 0.286 e. The fraction of sp³-hybridized carbons (Fsp3) is 0.444. The molecule has 2 amide bonds. The van der Waals surface area contributed by atoms with Gasteiger partial charge in [0.25, 0.3) is 5.91 Å². The maximum atomic E-state index is 12.2. The number of carbonyl (C=O) groups excluding carboxylic acids is 2. The van der Waals surface area contributed by atoms with Gasteiger partial charge in [0, 0.05) is 24.6 Å². The fourth-order valence-electron chi connectivity index (χ4n) is 2.12. The van der Waals surface area contributed by atoms with Crippen LogP contribution in [0.1, 0.15) is 53.5 Å². The molecule has 0 spiro atoms. The summed E-state index contributed by atoms with van der Waals surface area (Å²) >= 11 is 1.27. The number of carbonyl (C=O) groups is 2. The predicted octanol–water partition coefficient (Wildman–Crippen LogP) is 3.34. The Bertz CT molecular complexity index is 712. The van der Waals surface area contributed by atoms with Crippen molar-refractivity contribution in [1.82, 2.24) is 15.5 Å². The molecule has 7 heteroatoms. The zero-order chi connectivity index (χ0) is 18.2. The Labute approximate surface area is 152 Å². The number of nitrogens with zero attached hydrogens (tertiary/aromatic N) is 2. The number of nitrogens with one attached hydrogen (secondary N) is 2. The Hall–Kier alpha value is -2.28. The second-order valence-electron chi connectivity index (χ2n) is 6.05. The third-order valence-electron chi connectivity index (χ3n) is 3.78. The third kappa shape index (κ3) is 6.26. The lowest BCUT2D eigenvalue weighted by Crippen LogP contribution is -2.31. The summed E-state index contributed by atoms with van der Waals surface area (Å²) in [6.45, 7) is 6.02. The highest BCUT2D eigenvalue weighted by Gasteiger charge is 2.13. The minimum Gasteiger partial charge on any atom is -0.354 e. The van der Waals surface area contributed by atoms with Crippen LogP contribution in [0.2, 0.25) is 0 Å². The first kappa shape index (κ1) is 19.1. The summed E-state index contributed by atoms with van der Waals surface area (Å²) in [6, 6.07) is 7.78. The van der Waals surface area contributed by atoms with E-state index in [1.54, 1.807) is 0 Å². The Balaban J connectivity index is 1.80. The summed E-state index contributed by atoms with van der Waals surface area (Å²) in [5, 5.41) is 14.8. The lowest BCUT2D eigenvalue weighted by molar-refractivity contribution is -0.121. The van der Waals surface area contributed by atoms with Crippen LogP contribution in [-0.4, -0.2) is 28.1 Å². The van der Waals surface area contributed by atoms with Gasteiger partial charge < -0.3 is 10.6 Å². The van der Waals surface area contributed by atoms with Gasteiger partial charge in [0.1, 0.15) is 5.01 Å². The van der Waals surface area contributed by atoms with Gasteiger partial charge >= 0.3 is 0 Å². The molecule has 1 atom stereocenters. The molecule has 2 aromatic rings. The molecule has 1 aromatic carbocycles. The highest BCUT2D eigenvalue weighted by Crippen LogP contribution is 2.15. The van der Waals surface area contributed by atoms with E-state index in [4.69, 9.17) is 0 Å². The lowest BCUT2D eigenvalue weighted by Gasteiger charge is -2.10. The molecular formula is C18H24N4O2S. The fourth-order valence-corrected chi connectivity index (χ4v) is 2.89. The van der Waals surface area contributed by atoms with Gasteiger partial charge in [-0.05, 0) is 38.8 Å². The highest BCUT2D eigenvalue weighted by molar-refractivity contribution is 7.13. The quantitative estimate of drug-likeness (QED) is 0.756. The van der Waals surface area contributed by atoms with Crippen LogP contribution in [-0.2, 0) is 11.2 Å². The predicted molar refractivity (Wildman–Crippen MR) is 99.9 cm³/mol. The summed E-state index contributed by atoms with van der Waals surface area (Å²) in [5.74, 6) is -0.210. The van der Waals surface area contributed by atoms with Crippen LogP contribution in [0.3, 0.4) is 0 Å². The zero-order valence-corrected chi connectivity index (χ0v) is 15.7. The summed E-state index contributed by atoms with van der Waals surface area (Å²) in [6.07, 6.45) is 2.70. The third-order valence-corrected chi connectivity index (χ3v) is 4.77. The second kappa shape index (κ2) is 9.27. The molecule has 0 aliphatic rings. The Morgan fingerprint density at radius 2 is 1.92 bits per heavy atom. The topological polar surface area (TPSA) is 84.0 Å². The van der Waals surface area contributed by atoms with E-state index in [0.29, 0.717) is 24.3 Å². The van der Waals surface area contributed by atoms with Gasteiger partial charge in [-0.1, -0.05) is 36.0 Å². The Morgan fingerprint density at radius 1 is 1.20 bits per heavy atom. The van der Waals surface area contributed by atoms with Crippen molar-refractivity contribution in [3.05, 3.63) is 39.8 Å². The number of anilines is 1. The summed E-state index contributed by atoms with van der Waals surface area (Å²) in [4.78, 5) is 23.9. The van der Waals surface area contributed by atoms with Crippen molar-refractivity contribution in [3.8, 4) is 0 Å². The molecule has 25 heavy (non-hydrogen) atoms. The normalized spacial score (nSPS) is 11.8. The van der Waals surface area contributed by atoms with E-state index < -0.39 is 0 Å². The highest BCUT2D eigenvalue weighted by atomic mass is 32.1. The van der Waals surface area contributed by atoms with Gasteiger partial charge in [0.2, 0.25) is 10.9 Å². The van der Waals surface area contributed by atoms with Crippen LogP contribution in [0.25, 0.3) is 0 Å². The van der Waals surface area contributed by atoms with Crippen molar-refractivity contribution in [2.75, 3.05) is 5.32 Å². The van der Waals surface area contributed by atoms with Gasteiger partial charge in [-0.25, -0.2) is 0 Å². The van der Waals surface area contributed by atoms with Crippen molar-refractivity contribution in [3.63, 3.8) is 0 Å². The van der Waals surface area contributed by atoms with E-state index in [1.807, 2.05) is 45.0 Å². The molecule has 6 nitrogen and oxygen atoms in total. The van der Waals surface area contributed by atoms with Crippen LogP contribution < -0.4 is 10.6 Å². The molecule has 1 aromatic heterocycles. The first-order chi connectivity index (χ1) is 12.0. The summed E-state index contributed by atoms with van der Waals surface area (Å²) < 4.78 is 0. The molecule has 0 saturated carbocycles. The van der Waals surface area contributed by atoms with E-state index in [9.17, 15) is 9.59 Å². The molecule has 0 saturated heterocycles. The van der Waals surface area contributed by atoms with Gasteiger partial charge in [0.05, 0.1) is 0 Å². The number of rotatable bonds is 8. The summed E-state index contributed by atoms with van der Waals surface area (Å²) in [7, 11) is 0. The molecule has 0 fully saturated rings. The van der Waals surface area contributed by atoms with Crippen LogP contribution in [0, 0.1) is 6.92 Å². The number of benzene rings is 1. The maximum Gasteiger partial charge on any atom is 0.286 e. The minimum absolute atomic E-state index is 0.0520. The lowest BCUT2D eigenvalue weighted by atomic mass is 10.2. The number of aromatic nitrogens is 2. The molecule has 0 aliphatic heterocycles. The van der Waals surface area contributed by atoms with E-state index >= 15 is 0 Å². The Morgan fingerprint density at radius 3 is 2.60 bits per heavy atom. The van der Waals surface area contributed by atoms with Crippen LogP contribution in [0.15, 0.2) is 24.3 Å². The minimum atomic E-state index is -0.262. The van der Waals surface area contributed by atoms with E-state index in [2.05, 4.69) is 20.8 Å². The van der Waals surface area contributed by atoms with Crippen LogP contribution in [0.5, 0.6) is 0 Å². The van der Waals surface area contributed by atoms with Gasteiger partial charge in [-0.2, -0.15) is 0 Å². The monoisotopic (exact) mass is 360 g/mol. The maximum absolute atomic E-state index is 12.2. The van der Waals surface area contributed by atoms with Crippen LogP contribution >= 0.6 is 11.3 Å². The number of amides is 2. The Kier molecular flexibility index (Phi) is 7.06. The van der Waals surface area contributed by atoms with Gasteiger partial charge in [-0.15, -0.1) is 10.2 Å². The molecule has 0 aliphatic carbocycles. The molecule has 0 radical (unpaired) electrons. The van der Waals surface area contributed by atoms with E-state index in [0.717, 1.165) is 22.7 Å². The first-order valence-electron chi connectivity index (χ1n) is 8.47. The standard InChI is InChI=1S/C18H24N4O2S/c1-4-13(3)19-15(23)6-5-7-16-21-22-18(25-16)17(24)20-14-10-8-12(2)9-11-14/h8-11,13H,4-7H2,1-3H3,(H,19,23)(H,20,24)/t13-/m1/s1. The van der Waals surface area contributed by atoms with E-state index in [1.165, 1.54) is 11.3 Å². The van der Waals surface area contributed by atoms with Crippen molar-refractivity contribution >= 4 is 28.8 Å². The largest absolute Gasteiger partial charge is 0.354 e. The number of hydrogen-bond donors (Lipinski definition) is 2. The molecule has 2 N–H and O–H groups in total. The average Bonchev–Trinajstić information content (AvgIpc) is 3.06. The number of aryl methyl sites for hydroxylation is 2. The van der Waals surface area contributed by atoms with Crippen molar-refractivity contribution in [1.29, 1.82) is 0 Å². The molecule has 0 bridgehead atoms. The molecule has 2 rings (SSSR count). The number of hydrogen-bond acceptors (Lipinski definition) is 5. The van der Waals surface area contributed by atoms with Crippen LogP contribution in [0.4, 0.5) is 5.69 Å². The molecule has 134 valence electrons. The molecular weight excluding hydrogens is 336 g/mol. The average molecular weight is 360 g/mol. The van der Waals surface area contributed by atoms with Gasteiger partial charge in [-0.3, -0.25) is 9.59 Å². The second-order valence-corrected chi connectivity index (χ2v) is 7.11.